The molecule has 0 saturated carbocycles. The lowest BCUT2D eigenvalue weighted by molar-refractivity contribution is 0.169. The summed E-state index contributed by atoms with van der Waals surface area (Å²) in [5.74, 6) is 5.69. The average Bonchev–Trinajstić information content (AvgIpc) is 2.18. The Hall–Kier alpha value is -1.04. The topological polar surface area (TPSA) is 33.1 Å². The molecule has 2 nitrogen and oxygen atoms in total. The molecule has 0 aliphatic heterocycles. The zero-order chi connectivity index (χ0) is 10.4. The molecule has 0 amide bonds. The van der Waals surface area contributed by atoms with E-state index in [-0.39, 0.29) is 0 Å². The van der Waals surface area contributed by atoms with Crippen LogP contribution in [0.15, 0.2) is 18.3 Å². The highest BCUT2D eigenvalue weighted by atomic mass is 35.5. The minimum atomic E-state index is -0.503. The van der Waals surface area contributed by atoms with Crippen LogP contribution in [-0.2, 0) is 0 Å². The number of aliphatic hydroxyl groups is 1. The first-order valence-corrected chi connectivity index (χ1v) is 4.81. The van der Waals surface area contributed by atoms with Crippen LogP contribution in [0.4, 0.5) is 0 Å². The Kier molecular flexibility index (Phi) is 4.45. The van der Waals surface area contributed by atoms with Crippen LogP contribution in [0.25, 0.3) is 0 Å². The second-order valence-electron chi connectivity index (χ2n) is 2.89. The number of halogens is 1. The Morgan fingerprint density at radius 1 is 1.64 bits per heavy atom. The SMILES string of the molecule is CC#CCCC(O)c1ccnc(Cl)c1. The van der Waals surface area contributed by atoms with Gasteiger partial charge in [0, 0.05) is 12.6 Å². The van der Waals surface area contributed by atoms with Gasteiger partial charge >= 0.3 is 0 Å². The van der Waals surface area contributed by atoms with Gasteiger partial charge in [-0.1, -0.05) is 11.6 Å². The van der Waals surface area contributed by atoms with E-state index in [9.17, 15) is 5.11 Å². The van der Waals surface area contributed by atoms with Gasteiger partial charge in [-0.15, -0.1) is 11.8 Å². The van der Waals surface area contributed by atoms with Crippen molar-refractivity contribution >= 4 is 11.6 Å². The molecule has 3 heteroatoms. The number of nitrogens with zero attached hydrogens (tertiary/aromatic N) is 1. The van der Waals surface area contributed by atoms with Gasteiger partial charge in [0.15, 0.2) is 0 Å². The van der Waals surface area contributed by atoms with Crippen molar-refractivity contribution in [2.24, 2.45) is 0 Å². The molecule has 1 atom stereocenters. The largest absolute Gasteiger partial charge is 0.388 e. The van der Waals surface area contributed by atoms with Gasteiger partial charge in [-0.05, 0) is 31.0 Å². The van der Waals surface area contributed by atoms with E-state index < -0.39 is 6.10 Å². The van der Waals surface area contributed by atoms with Crippen molar-refractivity contribution in [3.8, 4) is 11.8 Å². The van der Waals surface area contributed by atoms with Gasteiger partial charge in [0.2, 0.25) is 0 Å². The van der Waals surface area contributed by atoms with Crippen LogP contribution in [0.1, 0.15) is 31.4 Å². The molecule has 0 fully saturated rings. The van der Waals surface area contributed by atoms with Crippen molar-refractivity contribution < 1.29 is 5.11 Å². The third-order valence-corrected chi connectivity index (χ3v) is 2.06. The molecule has 1 unspecified atom stereocenters. The number of rotatable bonds is 3. The number of hydrogen-bond donors (Lipinski definition) is 1. The Labute approximate surface area is 88.9 Å². The fourth-order valence-electron chi connectivity index (χ4n) is 1.13. The Morgan fingerprint density at radius 2 is 2.43 bits per heavy atom. The van der Waals surface area contributed by atoms with Gasteiger partial charge in [0.05, 0.1) is 6.10 Å². The molecule has 1 aromatic rings. The van der Waals surface area contributed by atoms with Crippen LogP contribution in [0.2, 0.25) is 5.15 Å². The Balaban J connectivity index is 2.58. The molecule has 0 saturated heterocycles. The molecule has 14 heavy (non-hydrogen) atoms. The molecule has 74 valence electrons. The smallest absolute Gasteiger partial charge is 0.129 e. The van der Waals surface area contributed by atoms with Gasteiger partial charge in [-0.3, -0.25) is 0 Å². The number of aromatic nitrogens is 1. The van der Waals surface area contributed by atoms with Crippen molar-refractivity contribution in [3.05, 3.63) is 29.0 Å². The van der Waals surface area contributed by atoms with Gasteiger partial charge < -0.3 is 5.11 Å². The second kappa shape index (κ2) is 5.64. The number of aliphatic hydroxyl groups excluding tert-OH is 1. The summed E-state index contributed by atoms with van der Waals surface area (Å²) in [6.45, 7) is 1.79. The van der Waals surface area contributed by atoms with Crippen LogP contribution in [0, 0.1) is 11.8 Å². The standard InChI is InChI=1S/C11H12ClNO/c1-2-3-4-5-10(14)9-6-7-13-11(12)8-9/h6-8,10,14H,4-5H2,1H3. The molecule has 0 bridgehead atoms. The maximum atomic E-state index is 9.72. The van der Waals surface area contributed by atoms with E-state index in [4.69, 9.17) is 11.6 Å². The highest BCUT2D eigenvalue weighted by molar-refractivity contribution is 6.29. The minimum Gasteiger partial charge on any atom is -0.388 e. The quantitative estimate of drug-likeness (QED) is 0.613. The van der Waals surface area contributed by atoms with Gasteiger partial charge in [-0.2, -0.15) is 0 Å². The molecule has 1 heterocycles. The van der Waals surface area contributed by atoms with Gasteiger partial charge in [0.25, 0.3) is 0 Å². The van der Waals surface area contributed by atoms with E-state index in [0.29, 0.717) is 18.0 Å². The molecular weight excluding hydrogens is 198 g/mol. The summed E-state index contributed by atoms with van der Waals surface area (Å²) < 4.78 is 0. The summed E-state index contributed by atoms with van der Waals surface area (Å²) in [6.07, 6.45) is 2.40. The van der Waals surface area contributed by atoms with E-state index in [1.54, 1.807) is 25.3 Å². The van der Waals surface area contributed by atoms with E-state index in [1.165, 1.54) is 0 Å². The van der Waals surface area contributed by atoms with Crippen molar-refractivity contribution in [1.29, 1.82) is 0 Å². The van der Waals surface area contributed by atoms with E-state index in [0.717, 1.165) is 5.56 Å². The van der Waals surface area contributed by atoms with E-state index in [1.807, 2.05) is 0 Å². The van der Waals surface area contributed by atoms with Crippen molar-refractivity contribution in [2.45, 2.75) is 25.9 Å². The predicted octanol–water partition coefficient (Wildman–Crippen LogP) is 2.57. The minimum absolute atomic E-state index is 0.406. The van der Waals surface area contributed by atoms with Crippen LogP contribution >= 0.6 is 11.6 Å². The van der Waals surface area contributed by atoms with Crippen LogP contribution in [-0.4, -0.2) is 10.1 Å². The summed E-state index contributed by atoms with van der Waals surface area (Å²) in [7, 11) is 0. The van der Waals surface area contributed by atoms with Crippen LogP contribution in [0.3, 0.4) is 0 Å². The summed E-state index contributed by atoms with van der Waals surface area (Å²) in [4.78, 5) is 3.85. The Morgan fingerprint density at radius 3 is 3.07 bits per heavy atom. The first-order chi connectivity index (χ1) is 6.74. The first kappa shape index (κ1) is 11.0. The second-order valence-corrected chi connectivity index (χ2v) is 3.28. The number of hydrogen-bond acceptors (Lipinski definition) is 2. The van der Waals surface area contributed by atoms with Crippen molar-refractivity contribution in [1.82, 2.24) is 4.98 Å². The fraction of sp³-hybridized carbons (Fsp3) is 0.364. The summed E-state index contributed by atoms with van der Waals surface area (Å²) in [6, 6.07) is 3.43. The first-order valence-electron chi connectivity index (χ1n) is 4.43. The zero-order valence-corrected chi connectivity index (χ0v) is 8.75. The molecule has 1 rings (SSSR count). The average molecular weight is 210 g/mol. The maximum Gasteiger partial charge on any atom is 0.129 e. The van der Waals surface area contributed by atoms with E-state index >= 15 is 0 Å². The summed E-state index contributed by atoms with van der Waals surface area (Å²) in [5.41, 5.74) is 0.794. The maximum absolute atomic E-state index is 9.72. The third kappa shape index (κ3) is 3.37. The molecule has 0 radical (unpaired) electrons. The fourth-order valence-corrected chi connectivity index (χ4v) is 1.31. The summed E-state index contributed by atoms with van der Waals surface area (Å²) in [5, 5.41) is 10.1. The zero-order valence-electron chi connectivity index (χ0n) is 8.00. The highest BCUT2D eigenvalue weighted by Gasteiger charge is 2.06. The monoisotopic (exact) mass is 209 g/mol. The lowest BCUT2D eigenvalue weighted by atomic mass is 10.1. The van der Waals surface area contributed by atoms with Crippen molar-refractivity contribution in [3.63, 3.8) is 0 Å². The van der Waals surface area contributed by atoms with Crippen LogP contribution < -0.4 is 0 Å². The van der Waals surface area contributed by atoms with E-state index in [2.05, 4.69) is 16.8 Å². The predicted molar refractivity (Wildman–Crippen MR) is 56.9 cm³/mol. The van der Waals surface area contributed by atoms with Crippen molar-refractivity contribution in [2.75, 3.05) is 0 Å². The number of pyridine rings is 1. The van der Waals surface area contributed by atoms with Crippen LogP contribution in [0.5, 0.6) is 0 Å². The normalized spacial score (nSPS) is 11.6. The molecule has 1 aromatic heterocycles. The Bertz CT molecular complexity index is 354. The molecule has 0 aliphatic rings. The molecule has 1 N–H and O–H groups in total. The third-order valence-electron chi connectivity index (χ3n) is 1.85. The molecule has 0 spiro atoms. The molecular formula is C11H12ClNO. The highest BCUT2D eigenvalue weighted by Crippen LogP contribution is 2.19. The molecule has 0 aromatic carbocycles. The lowest BCUT2D eigenvalue weighted by Gasteiger charge is -2.08. The molecule has 0 aliphatic carbocycles. The summed E-state index contributed by atoms with van der Waals surface area (Å²) >= 11 is 5.70. The van der Waals surface area contributed by atoms with Gasteiger partial charge in [-0.25, -0.2) is 4.98 Å². The lowest BCUT2D eigenvalue weighted by Crippen LogP contribution is -1.97. The van der Waals surface area contributed by atoms with Gasteiger partial charge in [0.1, 0.15) is 5.15 Å².